The van der Waals surface area contributed by atoms with Crippen molar-refractivity contribution in [1.82, 2.24) is 19.7 Å². The highest BCUT2D eigenvalue weighted by molar-refractivity contribution is 6.03. The van der Waals surface area contributed by atoms with Crippen molar-refractivity contribution in [2.24, 2.45) is 0 Å². The van der Waals surface area contributed by atoms with Gasteiger partial charge >= 0.3 is 5.97 Å². The van der Waals surface area contributed by atoms with Gasteiger partial charge < -0.3 is 10.1 Å². The molecule has 0 aliphatic carbocycles. The average molecular weight is 337 g/mol. The van der Waals surface area contributed by atoms with Crippen molar-refractivity contribution in [1.29, 1.82) is 0 Å². The first kappa shape index (κ1) is 16.3. The van der Waals surface area contributed by atoms with E-state index in [4.69, 9.17) is 0 Å². The highest BCUT2D eigenvalue weighted by atomic mass is 16.5. The van der Waals surface area contributed by atoms with Gasteiger partial charge in [0, 0.05) is 11.9 Å². The summed E-state index contributed by atoms with van der Waals surface area (Å²) in [6, 6.07) is 10.4. The summed E-state index contributed by atoms with van der Waals surface area (Å²) in [5.41, 5.74) is 2.02. The predicted octanol–water partition coefficient (Wildman–Crippen LogP) is 1.76. The minimum atomic E-state index is -0.502. The van der Waals surface area contributed by atoms with Crippen molar-refractivity contribution in [3.8, 4) is 0 Å². The Hall–Kier alpha value is -3.55. The third-order valence-corrected chi connectivity index (χ3v) is 3.48. The summed E-state index contributed by atoms with van der Waals surface area (Å²) in [7, 11) is 1.29. The molecule has 1 amide bonds. The van der Waals surface area contributed by atoms with Crippen molar-refractivity contribution in [2.45, 2.75) is 6.54 Å². The fourth-order valence-corrected chi connectivity index (χ4v) is 2.22. The Morgan fingerprint density at radius 1 is 1.20 bits per heavy atom. The lowest BCUT2D eigenvalue weighted by atomic mass is 10.1. The third-order valence-electron chi connectivity index (χ3n) is 3.48. The summed E-state index contributed by atoms with van der Waals surface area (Å²) >= 11 is 0. The molecule has 8 nitrogen and oxygen atoms in total. The molecule has 0 saturated carbocycles. The molecule has 8 heteroatoms. The summed E-state index contributed by atoms with van der Waals surface area (Å²) in [5, 5.41) is 6.88. The van der Waals surface area contributed by atoms with Crippen LogP contribution in [0.4, 0.5) is 5.69 Å². The lowest BCUT2D eigenvalue weighted by molar-refractivity contribution is 0.0600. The van der Waals surface area contributed by atoms with E-state index in [0.717, 1.165) is 5.56 Å². The minimum absolute atomic E-state index is 0.197. The van der Waals surface area contributed by atoms with E-state index in [0.29, 0.717) is 12.2 Å². The fourth-order valence-electron chi connectivity index (χ4n) is 2.22. The minimum Gasteiger partial charge on any atom is -0.465 e. The van der Waals surface area contributed by atoms with Crippen molar-refractivity contribution in [3.63, 3.8) is 0 Å². The number of aromatic nitrogens is 4. The molecule has 3 aromatic rings. The number of carbonyl (C=O) groups is 2. The van der Waals surface area contributed by atoms with Crippen molar-refractivity contribution < 1.29 is 14.3 Å². The van der Waals surface area contributed by atoms with E-state index < -0.39 is 5.97 Å². The summed E-state index contributed by atoms with van der Waals surface area (Å²) in [4.78, 5) is 31.7. The van der Waals surface area contributed by atoms with E-state index in [1.165, 1.54) is 31.8 Å². The van der Waals surface area contributed by atoms with E-state index in [-0.39, 0.29) is 17.2 Å². The number of hydrogen-bond acceptors (Lipinski definition) is 6. The molecule has 126 valence electrons. The van der Waals surface area contributed by atoms with Crippen LogP contribution in [0.1, 0.15) is 26.4 Å². The molecule has 2 heterocycles. The van der Waals surface area contributed by atoms with Gasteiger partial charge in [0.15, 0.2) is 0 Å². The van der Waals surface area contributed by atoms with Gasteiger partial charge in [0.25, 0.3) is 5.91 Å². The van der Waals surface area contributed by atoms with Crippen LogP contribution in [0.15, 0.2) is 55.2 Å². The number of anilines is 1. The standard InChI is InChI=1S/C17H15N5O3/c1-25-17(24)12-6-7-15(19-8-12)16(23)21-14-5-3-2-4-13(14)9-22-11-18-10-20-22/h2-8,10-11H,9H2,1H3,(H,21,23). The normalized spacial score (nSPS) is 10.3. The Morgan fingerprint density at radius 3 is 2.72 bits per heavy atom. The number of ether oxygens (including phenoxy) is 1. The van der Waals surface area contributed by atoms with Crippen LogP contribution in [0.25, 0.3) is 0 Å². The SMILES string of the molecule is COC(=O)c1ccc(C(=O)Nc2ccccc2Cn2cncn2)nc1. The summed E-state index contributed by atoms with van der Waals surface area (Å²) < 4.78 is 6.27. The molecule has 1 N–H and O–H groups in total. The van der Waals surface area contributed by atoms with Gasteiger partial charge in [0.1, 0.15) is 18.3 Å². The van der Waals surface area contributed by atoms with E-state index >= 15 is 0 Å². The van der Waals surface area contributed by atoms with Gasteiger partial charge in [0.05, 0.1) is 19.2 Å². The van der Waals surface area contributed by atoms with Crippen LogP contribution in [0.2, 0.25) is 0 Å². The van der Waals surface area contributed by atoms with Gasteiger partial charge in [-0.3, -0.25) is 9.78 Å². The predicted molar refractivity (Wildman–Crippen MR) is 89.1 cm³/mol. The average Bonchev–Trinajstić information content (AvgIpc) is 3.16. The third kappa shape index (κ3) is 3.86. The summed E-state index contributed by atoms with van der Waals surface area (Å²) in [6.07, 6.45) is 4.36. The quantitative estimate of drug-likeness (QED) is 0.712. The van der Waals surface area contributed by atoms with Crippen molar-refractivity contribution in [3.05, 3.63) is 72.1 Å². The van der Waals surface area contributed by atoms with E-state index in [1.807, 2.05) is 18.2 Å². The van der Waals surface area contributed by atoms with Gasteiger partial charge in [-0.15, -0.1) is 0 Å². The largest absolute Gasteiger partial charge is 0.465 e. The zero-order valence-electron chi connectivity index (χ0n) is 13.4. The maximum atomic E-state index is 12.4. The first-order chi connectivity index (χ1) is 12.2. The van der Waals surface area contributed by atoms with Gasteiger partial charge in [-0.1, -0.05) is 18.2 Å². The number of hydrogen-bond donors (Lipinski definition) is 1. The summed E-state index contributed by atoms with van der Waals surface area (Å²) in [5.74, 6) is -0.875. The zero-order chi connectivity index (χ0) is 17.6. The number of nitrogens with zero attached hydrogens (tertiary/aromatic N) is 4. The van der Waals surface area contributed by atoms with Crippen LogP contribution < -0.4 is 5.32 Å². The molecule has 0 aliphatic heterocycles. The van der Waals surface area contributed by atoms with Gasteiger partial charge in [0.2, 0.25) is 0 Å². The Balaban J connectivity index is 1.76. The van der Waals surface area contributed by atoms with Crippen LogP contribution in [-0.2, 0) is 11.3 Å². The van der Waals surface area contributed by atoms with E-state index in [2.05, 4.69) is 25.1 Å². The Morgan fingerprint density at radius 2 is 2.04 bits per heavy atom. The molecule has 1 aromatic carbocycles. The zero-order valence-corrected chi connectivity index (χ0v) is 13.4. The second kappa shape index (κ2) is 7.35. The van der Waals surface area contributed by atoms with Gasteiger partial charge in [-0.2, -0.15) is 5.10 Å². The molecular formula is C17H15N5O3. The highest BCUT2D eigenvalue weighted by Crippen LogP contribution is 2.17. The second-order valence-corrected chi connectivity index (χ2v) is 5.13. The number of benzene rings is 1. The lowest BCUT2D eigenvalue weighted by Gasteiger charge is -2.11. The molecule has 0 radical (unpaired) electrons. The number of amides is 1. The number of pyridine rings is 1. The molecule has 3 rings (SSSR count). The number of carbonyl (C=O) groups excluding carboxylic acids is 2. The van der Waals surface area contributed by atoms with Crippen molar-refractivity contribution >= 4 is 17.6 Å². The molecule has 0 aliphatic rings. The Kier molecular flexibility index (Phi) is 4.79. The molecule has 0 atom stereocenters. The molecule has 0 bridgehead atoms. The molecule has 0 fully saturated rings. The van der Waals surface area contributed by atoms with Crippen LogP contribution >= 0.6 is 0 Å². The lowest BCUT2D eigenvalue weighted by Crippen LogP contribution is -2.16. The van der Waals surface area contributed by atoms with E-state index in [9.17, 15) is 9.59 Å². The number of esters is 1. The molecule has 0 spiro atoms. The smallest absolute Gasteiger partial charge is 0.339 e. The number of methoxy groups -OCH3 is 1. The maximum Gasteiger partial charge on any atom is 0.339 e. The molecule has 25 heavy (non-hydrogen) atoms. The van der Waals surface area contributed by atoms with Gasteiger partial charge in [-0.05, 0) is 23.8 Å². The number of nitrogens with one attached hydrogen (secondary N) is 1. The first-order valence-corrected chi connectivity index (χ1v) is 7.43. The van der Waals surface area contributed by atoms with Crippen LogP contribution in [0.5, 0.6) is 0 Å². The Bertz CT molecular complexity index is 876. The van der Waals surface area contributed by atoms with E-state index in [1.54, 1.807) is 17.1 Å². The molecule has 0 unspecified atom stereocenters. The van der Waals surface area contributed by atoms with Crippen LogP contribution in [0.3, 0.4) is 0 Å². The topological polar surface area (TPSA) is 99.0 Å². The maximum absolute atomic E-state index is 12.4. The molecular weight excluding hydrogens is 322 g/mol. The van der Waals surface area contributed by atoms with Crippen molar-refractivity contribution in [2.75, 3.05) is 12.4 Å². The monoisotopic (exact) mass is 337 g/mol. The summed E-state index contributed by atoms with van der Waals surface area (Å²) in [6.45, 7) is 0.477. The molecule has 0 saturated heterocycles. The number of para-hydroxylation sites is 1. The molecule has 2 aromatic heterocycles. The van der Waals surface area contributed by atoms with Gasteiger partial charge in [-0.25, -0.2) is 14.5 Å². The fraction of sp³-hybridized carbons (Fsp3) is 0.118. The first-order valence-electron chi connectivity index (χ1n) is 7.43. The Labute approximate surface area is 143 Å². The van der Waals surface area contributed by atoms with Crippen LogP contribution in [0, 0.1) is 0 Å². The van der Waals surface area contributed by atoms with Crippen LogP contribution in [-0.4, -0.2) is 38.7 Å². The highest BCUT2D eigenvalue weighted by Gasteiger charge is 2.12. The number of rotatable bonds is 5. The second-order valence-electron chi connectivity index (χ2n) is 5.13.